The van der Waals surface area contributed by atoms with Crippen molar-refractivity contribution in [2.45, 2.75) is 26.3 Å². The molecule has 2 aromatic carbocycles. The topological polar surface area (TPSA) is 85.9 Å². The molecule has 30 heavy (non-hydrogen) atoms. The Morgan fingerprint density at radius 1 is 1.03 bits per heavy atom. The summed E-state index contributed by atoms with van der Waals surface area (Å²) in [5.41, 5.74) is 1.52. The van der Waals surface area contributed by atoms with E-state index in [1.54, 1.807) is 31.4 Å². The molecule has 2 N–H and O–H groups in total. The maximum Gasteiger partial charge on any atom is 0.251 e. The molecular formula is C23H28N2O5. The van der Waals surface area contributed by atoms with Crippen molar-refractivity contribution in [3.8, 4) is 17.2 Å². The molecule has 0 spiro atoms. The second-order valence-corrected chi connectivity index (χ2v) is 7.44. The van der Waals surface area contributed by atoms with E-state index in [-0.39, 0.29) is 17.7 Å². The van der Waals surface area contributed by atoms with Crippen molar-refractivity contribution in [2.75, 3.05) is 26.9 Å². The molecule has 1 heterocycles. The van der Waals surface area contributed by atoms with Gasteiger partial charge in [-0.3, -0.25) is 9.59 Å². The maximum absolute atomic E-state index is 12.7. The highest BCUT2D eigenvalue weighted by Crippen LogP contribution is 2.30. The van der Waals surface area contributed by atoms with E-state index < -0.39 is 6.04 Å². The Morgan fingerprint density at radius 3 is 2.40 bits per heavy atom. The average molecular weight is 412 g/mol. The second kappa shape index (κ2) is 10.0. The Hall–Kier alpha value is -3.22. The molecule has 1 atom stereocenters. The monoisotopic (exact) mass is 412 g/mol. The minimum absolute atomic E-state index is 0.0542. The van der Waals surface area contributed by atoms with E-state index >= 15 is 0 Å². The molecule has 0 aromatic heterocycles. The van der Waals surface area contributed by atoms with Crippen molar-refractivity contribution in [3.05, 3.63) is 53.6 Å². The molecule has 0 fully saturated rings. The lowest BCUT2D eigenvalue weighted by atomic mass is 10.0. The quantitative estimate of drug-likeness (QED) is 0.696. The Labute approximate surface area is 176 Å². The zero-order valence-electron chi connectivity index (χ0n) is 17.6. The summed E-state index contributed by atoms with van der Waals surface area (Å²) in [6, 6.07) is 11.9. The number of ether oxygens (including phenoxy) is 3. The first-order chi connectivity index (χ1) is 14.5. The van der Waals surface area contributed by atoms with Crippen LogP contribution >= 0.6 is 0 Å². The van der Waals surface area contributed by atoms with Crippen molar-refractivity contribution in [2.24, 2.45) is 5.92 Å². The van der Waals surface area contributed by atoms with Crippen LogP contribution in [-0.4, -0.2) is 44.7 Å². The first kappa shape index (κ1) is 21.5. The number of methoxy groups -OCH3 is 1. The van der Waals surface area contributed by atoms with Crippen LogP contribution in [0.3, 0.4) is 0 Å². The van der Waals surface area contributed by atoms with E-state index in [2.05, 4.69) is 10.6 Å². The van der Waals surface area contributed by atoms with Crippen LogP contribution < -0.4 is 24.8 Å². The van der Waals surface area contributed by atoms with Gasteiger partial charge in [0.15, 0.2) is 11.5 Å². The largest absolute Gasteiger partial charge is 0.497 e. The van der Waals surface area contributed by atoms with E-state index in [1.165, 1.54) is 0 Å². The van der Waals surface area contributed by atoms with Gasteiger partial charge in [-0.05, 0) is 54.3 Å². The van der Waals surface area contributed by atoms with Crippen molar-refractivity contribution >= 4 is 11.8 Å². The van der Waals surface area contributed by atoms with Gasteiger partial charge in [-0.1, -0.05) is 19.9 Å². The summed E-state index contributed by atoms with van der Waals surface area (Å²) in [6.45, 7) is 5.36. The molecule has 7 nitrogen and oxygen atoms in total. The molecule has 0 aliphatic carbocycles. The highest BCUT2D eigenvalue weighted by Gasteiger charge is 2.24. The normalized spacial score (nSPS) is 13.5. The molecule has 0 bridgehead atoms. The molecular weight excluding hydrogens is 384 g/mol. The lowest BCUT2D eigenvalue weighted by Gasteiger charge is -2.22. The van der Waals surface area contributed by atoms with Crippen LogP contribution in [0.15, 0.2) is 42.5 Å². The Bertz CT molecular complexity index is 880. The van der Waals surface area contributed by atoms with Crippen molar-refractivity contribution in [1.82, 2.24) is 10.6 Å². The van der Waals surface area contributed by atoms with E-state index in [0.717, 1.165) is 17.1 Å². The van der Waals surface area contributed by atoms with Gasteiger partial charge in [0.2, 0.25) is 5.91 Å². The molecule has 2 amide bonds. The van der Waals surface area contributed by atoms with E-state index in [4.69, 9.17) is 14.2 Å². The first-order valence-electron chi connectivity index (χ1n) is 10.1. The van der Waals surface area contributed by atoms with Gasteiger partial charge in [0, 0.05) is 12.1 Å². The summed E-state index contributed by atoms with van der Waals surface area (Å²) in [5, 5.41) is 5.75. The van der Waals surface area contributed by atoms with Crippen molar-refractivity contribution < 1.29 is 23.8 Å². The number of benzene rings is 2. The highest BCUT2D eigenvalue weighted by molar-refractivity contribution is 5.97. The number of amides is 2. The van der Waals surface area contributed by atoms with E-state index in [0.29, 0.717) is 37.5 Å². The molecule has 0 radical (unpaired) electrons. The molecule has 1 aliphatic rings. The molecule has 1 aliphatic heterocycles. The van der Waals surface area contributed by atoms with Gasteiger partial charge in [-0.2, -0.15) is 0 Å². The highest BCUT2D eigenvalue weighted by atomic mass is 16.6. The molecule has 7 heteroatoms. The first-order valence-corrected chi connectivity index (χ1v) is 10.1. The fourth-order valence-electron chi connectivity index (χ4n) is 3.19. The van der Waals surface area contributed by atoms with Crippen molar-refractivity contribution in [3.63, 3.8) is 0 Å². The number of nitrogens with one attached hydrogen (secondary N) is 2. The molecule has 3 rings (SSSR count). The fourth-order valence-corrected chi connectivity index (χ4v) is 3.19. The summed E-state index contributed by atoms with van der Waals surface area (Å²) in [7, 11) is 1.57. The maximum atomic E-state index is 12.7. The van der Waals surface area contributed by atoms with Gasteiger partial charge in [0.05, 0.1) is 7.11 Å². The number of carbonyl (C=O) groups is 2. The zero-order chi connectivity index (χ0) is 21.5. The number of hydrogen-bond acceptors (Lipinski definition) is 5. The van der Waals surface area contributed by atoms with Gasteiger partial charge in [-0.15, -0.1) is 0 Å². The lowest BCUT2D eigenvalue weighted by molar-refractivity contribution is -0.123. The van der Waals surface area contributed by atoms with Crippen LogP contribution in [-0.2, 0) is 11.2 Å². The summed E-state index contributed by atoms with van der Waals surface area (Å²) in [5.74, 6) is 1.60. The summed E-state index contributed by atoms with van der Waals surface area (Å²) >= 11 is 0. The van der Waals surface area contributed by atoms with Gasteiger partial charge < -0.3 is 24.8 Å². The molecule has 0 unspecified atom stereocenters. The SMILES string of the molecule is COc1ccc(C(=O)N[C@H](C(=O)NCCc2ccc3c(c2)OCCO3)C(C)C)cc1. The number of fused-ring (bicyclic) bond motifs is 1. The van der Waals surface area contributed by atoms with Crippen LogP contribution in [0, 0.1) is 5.92 Å². The fraction of sp³-hybridized carbons (Fsp3) is 0.391. The minimum Gasteiger partial charge on any atom is -0.497 e. The molecule has 2 aromatic rings. The third-order valence-electron chi connectivity index (χ3n) is 4.91. The Balaban J connectivity index is 1.54. The van der Waals surface area contributed by atoms with Crippen LogP contribution in [0.2, 0.25) is 0 Å². The zero-order valence-corrected chi connectivity index (χ0v) is 17.6. The molecule has 0 saturated carbocycles. The molecule has 0 saturated heterocycles. The van der Waals surface area contributed by atoms with Crippen molar-refractivity contribution in [1.29, 1.82) is 0 Å². The second-order valence-electron chi connectivity index (χ2n) is 7.44. The third-order valence-corrected chi connectivity index (χ3v) is 4.91. The Kier molecular flexibility index (Phi) is 7.17. The van der Waals surface area contributed by atoms with E-state index in [1.807, 2.05) is 32.0 Å². The van der Waals surface area contributed by atoms with Gasteiger partial charge >= 0.3 is 0 Å². The number of carbonyl (C=O) groups excluding carboxylic acids is 2. The van der Waals surface area contributed by atoms with E-state index in [9.17, 15) is 9.59 Å². The number of rotatable bonds is 8. The molecule has 160 valence electrons. The minimum atomic E-state index is -0.625. The third kappa shape index (κ3) is 5.43. The smallest absolute Gasteiger partial charge is 0.251 e. The van der Waals surface area contributed by atoms with Crippen LogP contribution in [0.4, 0.5) is 0 Å². The summed E-state index contributed by atoms with van der Waals surface area (Å²) < 4.78 is 16.2. The number of hydrogen-bond donors (Lipinski definition) is 2. The average Bonchev–Trinajstić information content (AvgIpc) is 2.77. The van der Waals surface area contributed by atoms with Crippen LogP contribution in [0.1, 0.15) is 29.8 Å². The Morgan fingerprint density at radius 2 is 1.73 bits per heavy atom. The lowest BCUT2D eigenvalue weighted by Crippen LogP contribution is -2.50. The standard InChI is InChI=1S/C23H28N2O5/c1-15(2)21(25-22(26)17-5-7-18(28-3)8-6-17)23(27)24-11-10-16-4-9-19-20(14-16)30-13-12-29-19/h4-9,14-15,21H,10-13H2,1-3H3,(H,24,27)(H,25,26)/t21-/m0/s1. The van der Waals surface area contributed by atoms with Gasteiger partial charge in [0.1, 0.15) is 25.0 Å². The summed E-state index contributed by atoms with van der Waals surface area (Å²) in [4.78, 5) is 25.2. The van der Waals surface area contributed by atoms with Gasteiger partial charge in [-0.25, -0.2) is 0 Å². The summed E-state index contributed by atoms with van der Waals surface area (Å²) in [6.07, 6.45) is 0.652. The van der Waals surface area contributed by atoms with Crippen LogP contribution in [0.25, 0.3) is 0 Å². The predicted molar refractivity (Wildman–Crippen MR) is 113 cm³/mol. The predicted octanol–water partition coefficient (Wildman–Crippen LogP) is 2.58. The van der Waals surface area contributed by atoms with Crippen LogP contribution in [0.5, 0.6) is 17.2 Å². The van der Waals surface area contributed by atoms with Gasteiger partial charge in [0.25, 0.3) is 5.91 Å².